The zero-order valence-corrected chi connectivity index (χ0v) is 17.4. The van der Waals surface area contributed by atoms with Crippen molar-refractivity contribution in [1.29, 1.82) is 0 Å². The molecule has 0 aliphatic carbocycles. The van der Waals surface area contributed by atoms with E-state index in [4.69, 9.17) is 0 Å². The number of aromatic nitrogens is 6. The maximum absolute atomic E-state index is 4.60. The van der Waals surface area contributed by atoms with Gasteiger partial charge >= 0.3 is 0 Å². The summed E-state index contributed by atoms with van der Waals surface area (Å²) >= 11 is 0. The molecule has 2 aromatic carbocycles. The highest BCUT2D eigenvalue weighted by Gasteiger charge is 2.19. The van der Waals surface area contributed by atoms with Crippen molar-refractivity contribution in [1.82, 2.24) is 24.9 Å². The minimum absolute atomic E-state index is 0.162. The number of benzene rings is 2. The van der Waals surface area contributed by atoms with Gasteiger partial charge < -0.3 is 0 Å². The molecule has 4 rings (SSSR count). The Morgan fingerprint density at radius 2 is 1.66 bits per heavy atom. The van der Waals surface area contributed by atoms with E-state index < -0.39 is 0 Å². The van der Waals surface area contributed by atoms with Crippen molar-refractivity contribution in [2.24, 2.45) is 7.05 Å². The molecule has 4 aromatic rings. The van der Waals surface area contributed by atoms with Gasteiger partial charge in [-0.05, 0) is 22.1 Å². The molecule has 0 amide bonds. The molecule has 0 unspecified atom stereocenters. The molecule has 0 atom stereocenters. The van der Waals surface area contributed by atoms with E-state index in [9.17, 15) is 0 Å². The van der Waals surface area contributed by atoms with Gasteiger partial charge in [0, 0.05) is 0 Å². The van der Waals surface area contributed by atoms with Crippen molar-refractivity contribution in [3.63, 3.8) is 0 Å². The number of hydrogen-bond acceptors (Lipinski definition) is 3. The van der Waals surface area contributed by atoms with Crippen molar-refractivity contribution < 1.29 is 4.68 Å². The fourth-order valence-electron chi connectivity index (χ4n) is 3.34. The highest BCUT2D eigenvalue weighted by molar-refractivity contribution is 5.49. The molecule has 148 valence electrons. The molecule has 0 radical (unpaired) electrons. The standard InChI is InChI=1S/C23H27N6/c1-23(2,3)20-12-10-19(11-13-20)15-29-17-22(27(4)26-29)21-16-28(25-24-21)14-18-8-6-5-7-9-18/h5-13,16-17H,14-15H2,1-4H3/q+1. The fourth-order valence-corrected chi connectivity index (χ4v) is 3.34. The zero-order valence-electron chi connectivity index (χ0n) is 17.4. The lowest BCUT2D eigenvalue weighted by molar-refractivity contribution is -0.747. The molecule has 0 aliphatic heterocycles. The van der Waals surface area contributed by atoms with Crippen LogP contribution in [-0.4, -0.2) is 24.9 Å². The van der Waals surface area contributed by atoms with Gasteiger partial charge in [0.25, 0.3) is 0 Å². The van der Waals surface area contributed by atoms with Gasteiger partial charge in [-0.15, -0.1) is 14.5 Å². The predicted octanol–water partition coefficient (Wildman–Crippen LogP) is 3.36. The van der Waals surface area contributed by atoms with Crippen molar-refractivity contribution in [2.45, 2.75) is 39.3 Å². The second-order valence-corrected chi connectivity index (χ2v) is 8.46. The van der Waals surface area contributed by atoms with Gasteiger partial charge in [0.2, 0.25) is 5.69 Å². The summed E-state index contributed by atoms with van der Waals surface area (Å²) in [5.41, 5.74) is 5.68. The summed E-state index contributed by atoms with van der Waals surface area (Å²) in [4.78, 5) is 0. The summed E-state index contributed by atoms with van der Waals surface area (Å²) in [5.74, 6) is 0. The van der Waals surface area contributed by atoms with Crippen molar-refractivity contribution in [2.75, 3.05) is 0 Å². The average Bonchev–Trinajstić information content (AvgIpc) is 3.28. The van der Waals surface area contributed by atoms with E-state index in [-0.39, 0.29) is 5.41 Å². The van der Waals surface area contributed by atoms with Crippen molar-refractivity contribution >= 4 is 0 Å². The first kappa shape index (κ1) is 19.1. The summed E-state index contributed by atoms with van der Waals surface area (Å²) in [5, 5.41) is 13.2. The normalized spacial score (nSPS) is 11.7. The summed E-state index contributed by atoms with van der Waals surface area (Å²) in [7, 11) is 1.94. The van der Waals surface area contributed by atoms with Gasteiger partial charge in [0.05, 0.1) is 18.0 Å². The lowest BCUT2D eigenvalue weighted by Crippen LogP contribution is -2.36. The van der Waals surface area contributed by atoms with E-state index in [0.29, 0.717) is 6.54 Å². The highest BCUT2D eigenvalue weighted by atomic mass is 15.5. The van der Waals surface area contributed by atoms with Gasteiger partial charge in [0.15, 0.2) is 11.9 Å². The topological polar surface area (TPSA) is 52.4 Å². The number of hydrogen-bond donors (Lipinski definition) is 0. The maximum atomic E-state index is 4.60. The Morgan fingerprint density at radius 3 is 2.34 bits per heavy atom. The zero-order chi connectivity index (χ0) is 20.4. The summed E-state index contributed by atoms with van der Waals surface area (Å²) in [6.45, 7) is 8.11. The smallest absolute Gasteiger partial charge is 0.219 e. The van der Waals surface area contributed by atoms with Crippen LogP contribution in [0.5, 0.6) is 0 Å². The van der Waals surface area contributed by atoms with E-state index in [1.165, 1.54) is 16.7 Å². The SMILES string of the molecule is Cn1n[n+](Cc2ccc(C(C)(C)C)cc2)cc1-c1cn(Cc2ccccc2)nn1. The lowest BCUT2D eigenvalue weighted by Gasteiger charge is -2.18. The van der Waals surface area contributed by atoms with Crippen LogP contribution >= 0.6 is 0 Å². The van der Waals surface area contributed by atoms with E-state index in [0.717, 1.165) is 17.9 Å². The number of rotatable bonds is 5. The predicted molar refractivity (Wildman–Crippen MR) is 112 cm³/mol. The summed E-state index contributed by atoms with van der Waals surface area (Å²) in [6, 6.07) is 19.0. The Bertz CT molecular complexity index is 1080. The molecule has 0 saturated heterocycles. The first-order valence-electron chi connectivity index (χ1n) is 9.86. The number of nitrogens with zero attached hydrogens (tertiary/aromatic N) is 6. The van der Waals surface area contributed by atoms with Crippen LogP contribution in [0.15, 0.2) is 67.0 Å². The van der Waals surface area contributed by atoms with E-state index in [2.05, 4.69) is 72.7 Å². The molecule has 0 aliphatic rings. The second-order valence-electron chi connectivity index (χ2n) is 8.46. The van der Waals surface area contributed by atoms with Crippen LogP contribution in [0.25, 0.3) is 11.4 Å². The van der Waals surface area contributed by atoms with Crippen LogP contribution in [0.3, 0.4) is 0 Å². The maximum Gasteiger partial charge on any atom is 0.219 e. The molecule has 0 spiro atoms. The molecule has 0 saturated carbocycles. The second kappa shape index (κ2) is 7.62. The van der Waals surface area contributed by atoms with Crippen LogP contribution in [0.2, 0.25) is 0 Å². The third kappa shape index (κ3) is 4.42. The monoisotopic (exact) mass is 387 g/mol. The van der Waals surface area contributed by atoms with Crippen LogP contribution in [0.4, 0.5) is 0 Å². The molecule has 0 fully saturated rings. The first-order chi connectivity index (χ1) is 13.9. The quantitative estimate of drug-likeness (QED) is 0.494. The molecule has 0 bridgehead atoms. The van der Waals surface area contributed by atoms with E-state index in [1.54, 1.807) is 0 Å². The van der Waals surface area contributed by atoms with Gasteiger partial charge in [-0.2, -0.15) is 0 Å². The van der Waals surface area contributed by atoms with Crippen LogP contribution < -0.4 is 4.68 Å². The number of aryl methyl sites for hydroxylation is 1. The van der Waals surface area contributed by atoms with Crippen LogP contribution in [0.1, 0.15) is 37.5 Å². The van der Waals surface area contributed by atoms with Gasteiger partial charge in [-0.1, -0.05) is 80.6 Å². The largest absolute Gasteiger partial charge is 0.247 e. The minimum atomic E-state index is 0.162. The third-order valence-corrected chi connectivity index (χ3v) is 5.02. The first-order valence-corrected chi connectivity index (χ1v) is 9.86. The molecule has 2 heterocycles. The van der Waals surface area contributed by atoms with Gasteiger partial charge in [-0.25, -0.2) is 4.68 Å². The van der Waals surface area contributed by atoms with Crippen LogP contribution in [0, 0.1) is 0 Å². The Balaban J connectivity index is 1.50. The molecule has 6 heteroatoms. The molecule has 6 nitrogen and oxygen atoms in total. The van der Waals surface area contributed by atoms with Crippen LogP contribution in [-0.2, 0) is 25.6 Å². The molecule has 0 N–H and O–H groups in total. The summed E-state index contributed by atoms with van der Waals surface area (Å²) in [6.07, 6.45) is 3.99. The average molecular weight is 388 g/mol. The minimum Gasteiger partial charge on any atom is -0.247 e. The fraction of sp³-hybridized carbons (Fsp3) is 0.304. The van der Waals surface area contributed by atoms with Crippen molar-refractivity contribution in [3.05, 3.63) is 83.7 Å². The lowest BCUT2D eigenvalue weighted by atomic mass is 9.87. The van der Waals surface area contributed by atoms with Gasteiger partial charge in [0.1, 0.15) is 13.6 Å². The van der Waals surface area contributed by atoms with Crippen molar-refractivity contribution in [3.8, 4) is 11.4 Å². The Morgan fingerprint density at radius 1 is 0.931 bits per heavy atom. The molecular formula is C23H27N6+. The Hall–Kier alpha value is -3.28. The molecule has 29 heavy (non-hydrogen) atoms. The third-order valence-electron chi connectivity index (χ3n) is 5.02. The van der Waals surface area contributed by atoms with E-state index in [1.807, 2.05) is 51.7 Å². The molecular weight excluding hydrogens is 360 g/mol. The Labute approximate surface area is 171 Å². The summed E-state index contributed by atoms with van der Waals surface area (Å²) < 4.78 is 5.64. The Kier molecular flexibility index (Phi) is 5.01. The highest BCUT2D eigenvalue weighted by Crippen LogP contribution is 2.22. The van der Waals surface area contributed by atoms with Gasteiger partial charge in [-0.3, -0.25) is 0 Å². The molecule has 2 aromatic heterocycles. The van der Waals surface area contributed by atoms with E-state index >= 15 is 0 Å².